The molecular formula is C24H18ClFO3. The Kier molecular flexibility index (Phi) is 4.89. The molecule has 29 heavy (non-hydrogen) atoms. The molecule has 1 unspecified atom stereocenters. The molecule has 0 aliphatic heterocycles. The van der Waals surface area contributed by atoms with Crippen LogP contribution < -0.4 is 4.74 Å². The molecule has 0 amide bonds. The number of phenols is 1. The molecular weight excluding hydrogens is 391 g/mol. The van der Waals surface area contributed by atoms with Crippen molar-refractivity contribution in [2.45, 2.75) is 11.8 Å². The number of phenolic OH excluding ortho intramolecular Hbond substituents is 1. The van der Waals surface area contributed by atoms with Crippen molar-refractivity contribution in [2.24, 2.45) is 0 Å². The number of carbonyl (C=O) groups is 1. The van der Waals surface area contributed by atoms with Gasteiger partial charge in [0.1, 0.15) is 29.0 Å². The quantitative estimate of drug-likeness (QED) is 0.594. The lowest BCUT2D eigenvalue weighted by Gasteiger charge is -2.37. The van der Waals surface area contributed by atoms with Gasteiger partial charge in [-0.3, -0.25) is 0 Å². The summed E-state index contributed by atoms with van der Waals surface area (Å²) in [7, 11) is 1.57. The molecule has 0 spiro atoms. The van der Waals surface area contributed by atoms with Crippen LogP contribution in [-0.4, -0.2) is 18.5 Å². The molecule has 0 heterocycles. The summed E-state index contributed by atoms with van der Waals surface area (Å²) in [4.78, 5) is 12.8. The smallest absolute Gasteiger partial charge is 0.139 e. The second-order valence-corrected chi connectivity index (χ2v) is 7.35. The van der Waals surface area contributed by atoms with Gasteiger partial charge in [0, 0.05) is 0 Å². The van der Waals surface area contributed by atoms with Gasteiger partial charge in [0.2, 0.25) is 0 Å². The average molecular weight is 409 g/mol. The van der Waals surface area contributed by atoms with Crippen molar-refractivity contribution in [1.82, 2.24) is 0 Å². The van der Waals surface area contributed by atoms with E-state index in [4.69, 9.17) is 16.3 Å². The number of allylic oxidation sites excluding steroid dienone is 2. The summed E-state index contributed by atoms with van der Waals surface area (Å²) in [5, 5.41) is 9.99. The Balaban J connectivity index is 2.05. The van der Waals surface area contributed by atoms with Crippen molar-refractivity contribution in [3.63, 3.8) is 0 Å². The van der Waals surface area contributed by atoms with E-state index in [0.29, 0.717) is 28.9 Å². The molecule has 1 aliphatic rings. The lowest BCUT2D eigenvalue weighted by Crippen LogP contribution is -2.35. The Hall–Kier alpha value is -3.11. The third-order valence-corrected chi connectivity index (χ3v) is 5.73. The number of carbonyl (C=O) groups excluding carboxylic acids is 1. The van der Waals surface area contributed by atoms with Gasteiger partial charge < -0.3 is 14.6 Å². The zero-order chi connectivity index (χ0) is 20.6. The highest BCUT2D eigenvalue weighted by atomic mass is 35.5. The van der Waals surface area contributed by atoms with E-state index in [-0.39, 0.29) is 10.8 Å². The van der Waals surface area contributed by atoms with Gasteiger partial charge in [-0.1, -0.05) is 41.9 Å². The van der Waals surface area contributed by atoms with Gasteiger partial charge >= 0.3 is 0 Å². The fourth-order valence-electron chi connectivity index (χ4n) is 4.01. The number of rotatable bonds is 4. The Labute approximate surface area is 173 Å². The van der Waals surface area contributed by atoms with Gasteiger partial charge in [-0.25, -0.2) is 4.39 Å². The zero-order valence-electron chi connectivity index (χ0n) is 15.7. The summed E-state index contributed by atoms with van der Waals surface area (Å²) >= 11 is 6.38. The molecule has 1 atom stereocenters. The summed E-state index contributed by atoms with van der Waals surface area (Å²) < 4.78 is 19.1. The lowest BCUT2D eigenvalue weighted by atomic mass is 9.64. The number of ether oxygens (including phenoxy) is 1. The van der Waals surface area contributed by atoms with Crippen LogP contribution >= 0.6 is 11.6 Å². The largest absolute Gasteiger partial charge is 0.508 e. The van der Waals surface area contributed by atoms with Crippen LogP contribution in [0, 0.1) is 5.82 Å². The first-order chi connectivity index (χ1) is 14.0. The second-order valence-electron chi connectivity index (χ2n) is 6.94. The summed E-state index contributed by atoms with van der Waals surface area (Å²) in [5.41, 5.74) is 2.50. The first-order valence-corrected chi connectivity index (χ1v) is 9.46. The number of aldehydes is 1. The topological polar surface area (TPSA) is 46.5 Å². The Bertz CT molecular complexity index is 1120. The van der Waals surface area contributed by atoms with E-state index in [0.717, 1.165) is 17.4 Å². The van der Waals surface area contributed by atoms with Crippen molar-refractivity contribution < 1.29 is 19.0 Å². The van der Waals surface area contributed by atoms with Crippen LogP contribution in [0.25, 0.3) is 5.57 Å². The first-order valence-electron chi connectivity index (χ1n) is 9.09. The number of fused-ring (bicyclic) bond motifs is 1. The predicted octanol–water partition coefficient (Wildman–Crippen LogP) is 5.32. The molecule has 146 valence electrons. The van der Waals surface area contributed by atoms with Crippen LogP contribution in [-0.2, 0) is 16.6 Å². The average Bonchev–Trinajstić information content (AvgIpc) is 2.73. The van der Waals surface area contributed by atoms with Crippen LogP contribution in [0.4, 0.5) is 4.39 Å². The maximum absolute atomic E-state index is 13.7. The van der Waals surface area contributed by atoms with Gasteiger partial charge in [-0.05, 0) is 70.6 Å². The van der Waals surface area contributed by atoms with Crippen LogP contribution in [0.2, 0.25) is 5.02 Å². The molecule has 3 aromatic carbocycles. The summed E-state index contributed by atoms with van der Waals surface area (Å²) in [6, 6.07) is 16.3. The van der Waals surface area contributed by atoms with E-state index in [9.17, 15) is 14.3 Å². The Morgan fingerprint density at radius 1 is 1.10 bits per heavy atom. The normalized spacial score (nSPS) is 18.0. The fraction of sp³-hybridized carbons (Fsp3) is 0.125. The molecule has 0 fully saturated rings. The Morgan fingerprint density at radius 2 is 1.86 bits per heavy atom. The van der Waals surface area contributed by atoms with E-state index < -0.39 is 11.2 Å². The maximum atomic E-state index is 13.7. The van der Waals surface area contributed by atoms with E-state index in [1.54, 1.807) is 37.4 Å². The number of halogens is 2. The number of aromatic hydroxyl groups is 1. The molecule has 3 nitrogen and oxygen atoms in total. The molecule has 5 heteroatoms. The Morgan fingerprint density at radius 3 is 2.52 bits per heavy atom. The van der Waals surface area contributed by atoms with Gasteiger partial charge in [0.25, 0.3) is 0 Å². The fourth-order valence-corrected chi connectivity index (χ4v) is 4.28. The minimum atomic E-state index is -1.18. The number of benzene rings is 3. The highest BCUT2D eigenvalue weighted by Crippen LogP contribution is 2.49. The number of methoxy groups -OCH3 is 1. The first kappa shape index (κ1) is 19.2. The van der Waals surface area contributed by atoms with Gasteiger partial charge in [-0.15, -0.1) is 0 Å². The number of hydrogen-bond donors (Lipinski definition) is 1. The van der Waals surface area contributed by atoms with E-state index in [2.05, 4.69) is 0 Å². The molecule has 0 saturated carbocycles. The van der Waals surface area contributed by atoms with Crippen molar-refractivity contribution in [3.05, 3.63) is 99.8 Å². The number of hydrogen-bond acceptors (Lipinski definition) is 3. The molecule has 0 aromatic heterocycles. The third-order valence-electron chi connectivity index (χ3n) is 5.41. The van der Waals surface area contributed by atoms with E-state index >= 15 is 0 Å². The second kappa shape index (κ2) is 7.37. The van der Waals surface area contributed by atoms with E-state index in [1.165, 1.54) is 12.1 Å². The highest BCUT2D eigenvalue weighted by molar-refractivity contribution is 6.32. The minimum absolute atomic E-state index is 0.0989. The maximum Gasteiger partial charge on any atom is 0.139 e. The predicted molar refractivity (Wildman–Crippen MR) is 111 cm³/mol. The van der Waals surface area contributed by atoms with Crippen molar-refractivity contribution in [1.29, 1.82) is 0 Å². The highest BCUT2D eigenvalue weighted by Gasteiger charge is 2.43. The van der Waals surface area contributed by atoms with Crippen LogP contribution in [0.1, 0.15) is 22.3 Å². The molecule has 1 aliphatic carbocycles. The van der Waals surface area contributed by atoms with Crippen LogP contribution in [0.3, 0.4) is 0 Å². The molecule has 0 radical (unpaired) electrons. The summed E-state index contributed by atoms with van der Waals surface area (Å²) in [5.74, 6) is 0.278. The molecule has 1 N–H and O–H groups in total. The summed E-state index contributed by atoms with van der Waals surface area (Å²) in [6.45, 7) is 0. The standard InChI is InChI=1S/C24H18ClFO3/c1-29-19-9-2-15-3-11-21(20-10-6-17(26)12-23(20)25)24(14-27,22(15)13-19)16-4-7-18(28)8-5-16/h2,4-14,28H,3H2,1H3. The SMILES string of the molecule is COc1ccc2c(c1)C(C=O)(c1ccc(O)cc1)C(c1ccc(F)cc1Cl)=CC2. The van der Waals surface area contributed by atoms with Crippen molar-refractivity contribution in [2.75, 3.05) is 7.11 Å². The van der Waals surface area contributed by atoms with Gasteiger partial charge in [0.05, 0.1) is 12.1 Å². The van der Waals surface area contributed by atoms with Gasteiger partial charge in [-0.2, -0.15) is 0 Å². The van der Waals surface area contributed by atoms with Gasteiger partial charge in [0.15, 0.2) is 0 Å². The lowest BCUT2D eigenvalue weighted by molar-refractivity contribution is -0.110. The summed E-state index contributed by atoms with van der Waals surface area (Å²) in [6.07, 6.45) is 3.42. The third kappa shape index (κ3) is 3.10. The molecule has 0 saturated heterocycles. The van der Waals surface area contributed by atoms with Crippen LogP contribution in [0.15, 0.2) is 66.7 Å². The van der Waals surface area contributed by atoms with Crippen LogP contribution in [0.5, 0.6) is 11.5 Å². The van der Waals surface area contributed by atoms with E-state index in [1.807, 2.05) is 24.3 Å². The van der Waals surface area contributed by atoms with Crippen molar-refractivity contribution in [3.8, 4) is 11.5 Å². The van der Waals surface area contributed by atoms with Crippen molar-refractivity contribution >= 4 is 23.5 Å². The molecule has 3 aromatic rings. The zero-order valence-corrected chi connectivity index (χ0v) is 16.4. The minimum Gasteiger partial charge on any atom is -0.508 e. The molecule has 0 bridgehead atoms. The molecule has 4 rings (SSSR count). The monoisotopic (exact) mass is 408 g/mol.